The SMILES string of the molecule is CCCNc1cc(N(CC)c2ccccc2F)nc(N)n1. The molecule has 5 nitrogen and oxygen atoms in total. The molecular formula is C15H20FN5. The van der Waals surface area contributed by atoms with Gasteiger partial charge in [-0.2, -0.15) is 9.97 Å². The van der Waals surface area contributed by atoms with Gasteiger partial charge in [-0.05, 0) is 25.5 Å². The maximum Gasteiger partial charge on any atom is 0.223 e. The number of hydrogen-bond acceptors (Lipinski definition) is 5. The van der Waals surface area contributed by atoms with Crippen LogP contribution in [0.4, 0.5) is 27.7 Å². The number of anilines is 4. The molecule has 0 aliphatic carbocycles. The number of rotatable bonds is 6. The van der Waals surface area contributed by atoms with Crippen LogP contribution >= 0.6 is 0 Å². The Morgan fingerprint density at radius 3 is 2.67 bits per heavy atom. The van der Waals surface area contributed by atoms with Gasteiger partial charge in [0.1, 0.15) is 17.5 Å². The Bertz CT molecular complexity index is 602. The fourth-order valence-electron chi connectivity index (χ4n) is 2.06. The van der Waals surface area contributed by atoms with Crippen molar-refractivity contribution in [3.63, 3.8) is 0 Å². The summed E-state index contributed by atoms with van der Waals surface area (Å²) in [6, 6.07) is 8.38. The highest BCUT2D eigenvalue weighted by Gasteiger charge is 2.14. The van der Waals surface area contributed by atoms with Crippen molar-refractivity contribution in [2.45, 2.75) is 20.3 Å². The van der Waals surface area contributed by atoms with Crippen LogP contribution in [0.5, 0.6) is 0 Å². The minimum atomic E-state index is -0.292. The smallest absolute Gasteiger partial charge is 0.223 e. The molecule has 3 N–H and O–H groups in total. The number of benzene rings is 1. The van der Waals surface area contributed by atoms with Gasteiger partial charge in [-0.25, -0.2) is 4.39 Å². The van der Waals surface area contributed by atoms with Crippen LogP contribution in [0.1, 0.15) is 20.3 Å². The van der Waals surface area contributed by atoms with E-state index < -0.39 is 0 Å². The third-order valence-corrected chi connectivity index (χ3v) is 3.02. The van der Waals surface area contributed by atoms with Gasteiger partial charge in [0.25, 0.3) is 0 Å². The minimum absolute atomic E-state index is 0.167. The molecule has 0 atom stereocenters. The Balaban J connectivity index is 2.38. The van der Waals surface area contributed by atoms with E-state index in [4.69, 9.17) is 5.73 Å². The Labute approximate surface area is 124 Å². The van der Waals surface area contributed by atoms with E-state index in [0.717, 1.165) is 13.0 Å². The Morgan fingerprint density at radius 2 is 2.00 bits per heavy atom. The molecule has 0 aliphatic heterocycles. The van der Waals surface area contributed by atoms with Crippen molar-refractivity contribution < 1.29 is 4.39 Å². The van der Waals surface area contributed by atoms with Gasteiger partial charge < -0.3 is 16.0 Å². The first kappa shape index (κ1) is 15.0. The lowest BCUT2D eigenvalue weighted by atomic mass is 10.2. The van der Waals surface area contributed by atoms with Gasteiger partial charge in [-0.15, -0.1) is 0 Å². The molecule has 0 aliphatic rings. The van der Waals surface area contributed by atoms with Crippen LogP contribution in [-0.2, 0) is 0 Å². The average Bonchev–Trinajstić information content (AvgIpc) is 2.47. The minimum Gasteiger partial charge on any atom is -0.370 e. The molecule has 0 spiro atoms. The molecule has 1 aromatic heterocycles. The summed E-state index contributed by atoms with van der Waals surface area (Å²) in [5.74, 6) is 1.10. The fraction of sp³-hybridized carbons (Fsp3) is 0.333. The Kier molecular flexibility index (Phi) is 4.92. The molecule has 21 heavy (non-hydrogen) atoms. The van der Waals surface area contributed by atoms with E-state index in [0.29, 0.717) is 23.9 Å². The van der Waals surface area contributed by atoms with Gasteiger partial charge in [0.2, 0.25) is 5.95 Å². The Hall–Kier alpha value is -2.37. The van der Waals surface area contributed by atoms with Gasteiger partial charge in [-0.1, -0.05) is 19.1 Å². The van der Waals surface area contributed by atoms with E-state index in [9.17, 15) is 4.39 Å². The van der Waals surface area contributed by atoms with Crippen molar-refractivity contribution in [1.29, 1.82) is 0 Å². The predicted molar refractivity (Wildman–Crippen MR) is 84.3 cm³/mol. The van der Waals surface area contributed by atoms with E-state index in [2.05, 4.69) is 22.2 Å². The van der Waals surface area contributed by atoms with Crippen molar-refractivity contribution >= 4 is 23.3 Å². The number of nitrogens with zero attached hydrogens (tertiary/aromatic N) is 3. The van der Waals surface area contributed by atoms with E-state index in [1.54, 1.807) is 29.2 Å². The molecule has 1 heterocycles. The van der Waals surface area contributed by atoms with Crippen LogP contribution in [0.2, 0.25) is 0 Å². The van der Waals surface area contributed by atoms with E-state index in [1.165, 1.54) is 6.07 Å². The van der Waals surface area contributed by atoms with Crippen LogP contribution in [-0.4, -0.2) is 23.1 Å². The van der Waals surface area contributed by atoms with Gasteiger partial charge in [0.15, 0.2) is 0 Å². The Morgan fingerprint density at radius 1 is 1.24 bits per heavy atom. The molecule has 0 saturated carbocycles. The summed E-state index contributed by atoms with van der Waals surface area (Å²) >= 11 is 0. The summed E-state index contributed by atoms with van der Waals surface area (Å²) in [6.07, 6.45) is 0.976. The lowest BCUT2D eigenvalue weighted by Gasteiger charge is -2.23. The number of hydrogen-bond donors (Lipinski definition) is 2. The van der Waals surface area contributed by atoms with Gasteiger partial charge in [-0.3, -0.25) is 0 Å². The van der Waals surface area contributed by atoms with Crippen LogP contribution < -0.4 is 16.0 Å². The summed E-state index contributed by atoms with van der Waals surface area (Å²) < 4.78 is 14.0. The highest BCUT2D eigenvalue weighted by molar-refractivity contribution is 5.64. The zero-order valence-electron chi connectivity index (χ0n) is 12.3. The third-order valence-electron chi connectivity index (χ3n) is 3.02. The first-order chi connectivity index (χ1) is 10.2. The highest BCUT2D eigenvalue weighted by atomic mass is 19.1. The molecule has 1 aromatic carbocycles. The summed E-state index contributed by atoms with van der Waals surface area (Å²) in [6.45, 7) is 5.37. The maximum absolute atomic E-state index is 14.0. The van der Waals surface area contributed by atoms with Crippen LogP contribution in [0.25, 0.3) is 0 Å². The predicted octanol–water partition coefficient (Wildman–Crippen LogP) is 3.18. The van der Waals surface area contributed by atoms with Crippen LogP contribution in [0.15, 0.2) is 30.3 Å². The van der Waals surface area contributed by atoms with Gasteiger partial charge in [0.05, 0.1) is 5.69 Å². The molecule has 6 heteroatoms. The summed E-state index contributed by atoms with van der Waals surface area (Å²) in [4.78, 5) is 10.1. The monoisotopic (exact) mass is 289 g/mol. The first-order valence-corrected chi connectivity index (χ1v) is 7.06. The van der Waals surface area contributed by atoms with Crippen LogP contribution in [0.3, 0.4) is 0 Å². The van der Waals surface area contributed by atoms with Crippen LogP contribution in [0, 0.1) is 5.82 Å². The highest BCUT2D eigenvalue weighted by Crippen LogP contribution is 2.27. The fourth-order valence-corrected chi connectivity index (χ4v) is 2.06. The summed E-state index contributed by atoms with van der Waals surface area (Å²) in [5, 5.41) is 3.17. The van der Waals surface area contributed by atoms with Crippen molar-refractivity contribution in [3.05, 3.63) is 36.1 Å². The van der Waals surface area contributed by atoms with E-state index >= 15 is 0 Å². The molecular weight excluding hydrogens is 269 g/mol. The zero-order chi connectivity index (χ0) is 15.2. The second-order valence-corrected chi connectivity index (χ2v) is 4.59. The number of nitrogens with two attached hydrogens (primary N) is 1. The van der Waals surface area contributed by atoms with Crippen molar-refractivity contribution in [3.8, 4) is 0 Å². The van der Waals surface area contributed by atoms with Crippen molar-refractivity contribution in [1.82, 2.24) is 9.97 Å². The molecule has 0 radical (unpaired) electrons. The van der Waals surface area contributed by atoms with E-state index in [1.807, 2.05) is 6.92 Å². The number of nitrogen functional groups attached to an aromatic ring is 1. The maximum atomic E-state index is 14.0. The van der Waals surface area contributed by atoms with Gasteiger partial charge >= 0.3 is 0 Å². The van der Waals surface area contributed by atoms with Crippen molar-refractivity contribution in [2.24, 2.45) is 0 Å². The molecule has 2 rings (SSSR count). The largest absolute Gasteiger partial charge is 0.370 e. The molecule has 0 bridgehead atoms. The second kappa shape index (κ2) is 6.88. The lowest BCUT2D eigenvalue weighted by molar-refractivity contribution is 0.625. The normalized spacial score (nSPS) is 10.4. The number of aromatic nitrogens is 2. The molecule has 0 saturated heterocycles. The molecule has 0 unspecified atom stereocenters. The molecule has 2 aromatic rings. The first-order valence-electron chi connectivity index (χ1n) is 7.06. The molecule has 0 amide bonds. The average molecular weight is 289 g/mol. The standard InChI is InChI=1S/C15H20FN5/c1-3-9-18-13-10-14(20-15(17)19-13)21(4-2)12-8-6-5-7-11(12)16/h5-8,10H,3-4,9H2,1-2H3,(H3,17,18,19,20). The second-order valence-electron chi connectivity index (χ2n) is 4.59. The number of nitrogens with one attached hydrogen (secondary N) is 1. The number of halogens is 1. The topological polar surface area (TPSA) is 67.1 Å². The van der Waals surface area contributed by atoms with Gasteiger partial charge in [0, 0.05) is 19.2 Å². The zero-order valence-corrected chi connectivity index (χ0v) is 12.3. The van der Waals surface area contributed by atoms with Crippen molar-refractivity contribution in [2.75, 3.05) is 29.0 Å². The molecule has 112 valence electrons. The summed E-state index contributed by atoms with van der Waals surface area (Å²) in [7, 11) is 0. The third kappa shape index (κ3) is 3.59. The summed E-state index contributed by atoms with van der Waals surface area (Å²) in [5.41, 5.74) is 6.23. The number of para-hydroxylation sites is 1. The quantitative estimate of drug-likeness (QED) is 0.855. The lowest BCUT2D eigenvalue weighted by Crippen LogP contribution is -2.20. The molecule has 0 fully saturated rings. The van der Waals surface area contributed by atoms with E-state index in [-0.39, 0.29) is 11.8 Å².